The molecule has 0 spiro atoms. The first-order valence-electron chi connectivity index (χ1n) is 8.79. The molecule has 2 fully saturated rings. The summed E-state index contributed by atoms with van der Waals surface area (Å²) >= 11 is 7.57. The smallest absolute Gasteiger partial charge is 0.327 e. The molecular formula is C18H23ClN4O3S. The van der Waals surface area contributed by atoms with Crippen LogP contribution in [0.25, 0.3) is 0 Å². The summed E-state index contributed by atoms with van der Waals surface area (Å²) in [7, 11) is 3.20. The zero-order valence-corrected chi connectivity index (χ0v) is 16.8. The predicted octanol–water partition coefficient (Wildman–Crippen LogP) is 1.52. The Bertz CT molecular complexity index is 747. The van der Waals surface area contributed by atoms with Gasteiger partial charge in [-0.2, -0.15) is 0 Å². The molecule has 9 heteroatoms. The number of carbonyl (C=O) groups excluding carboxylic acids is 3. The second kappa shape index (κ2) is 8.50. The maximum atomic E-state index is 12.6. The average molecular weight is 411 g/mol. The number of nitrogens with one attached hydrogen (secondary N) is 2. The van der Waals surface area contributed by atoms with Gasteiger partial charge < -0.3 is 10.2 Å². The van der Waals surface area contributed by atoms with Crippen LogP contribution in [-0.4, -0.2) is 65.5 Å². The number of urea groups is 1. The van der Waals surface area contributed by atoms with Gasteiger partial charge in [-0.25, -0.2) is 4.79 Å². The lowest BCUT2D eigenvalue weighted by molar-refractivity contribution is -0.138. The van der Waals surface area contributed by atoms with E-state index in [1.165, 1.54) is 23.7 Å². The number of nitrogens with zero attached hydrogens (tertiary/aromatic N) is 2. The molecule has 0 aliphatic carbocycles. The van der Waals surface area contributed by atoms with Crippen molar-refractivity contribution in [2.75, 3.05) is 26.4 Å². The topological polar surface area (TPSA) is 81.8 Å². The molecule has 0 bridgehead atoms. The van der Waals surface area contributed by atoms with Gasteiger partial charge in [-0.05, 0) is 24.6 Å². The van der Waals surface area contributed by atoms with E-state index in [2.05, 4.69) is 10.6 Å². The molecule has 146 valence electrons. The Morgan fingerprint density at radius 3 is 2.81 bits per heavy atom. The molecule has 1 aromatic carbocycles. The molecule has 2 N–H and O–H groups in total. The molecule has 1 aromatic rings. The monoisotopic (exact) mass is 410 g/mol. The molecule has 2 saturated heterocycles. The zero-order valence-electron chi connectivity index (χ0n) is 15.3. The summed E-state index contributed by atoms with van der Waals surface area (Å²) in [5, 5.41) is 6.72. The van der Waals surface area contributed by atoms with Gasteiger partial charge in [0, 0.05) is 30.9 Å². The highest BCUT2D eigenvalue weighted by Gasteiger charge is 2.48. The van der Waals surface area contributed by atoms with Crippen molar-refractivity contribution >= 4 is 41.2 Å². The van der Waals surface area contributed by atoms with E-state index in [0.29, 0.717) is 18.1 Å². The van der Waals surface area contributed by atoms with Gasteiger partial charge in [0.2, 0.25) is 11.8 Å². The Labute approximate surface area is 167 Å². The molecule has 27 heavy (non-hydrogen) atoms. The third-order valence-electron chi connectivity index (χ3n) is 5.01. The number of halogens is 1. The number of fused-ring (bicyclic) bond motifs is 1. The molecule has 2 aliphatic heterocycles. The van der Waals surface area contributed by atoms with Crippen molar-refractivity contribution in [3.63, 3.8) is 0 Å². The Morgan fingerprint density at radius 1 is 1.33 bits per heavy atom. The molecule has 3 rings (SSSR count). The summed E-state index contributed by atoms with van der Waals surface area (Å²) in [4.78, 5) is 39.7. The van der Waals surface area contributed by atoms with Crippen LogP contribution < -0.4 is 10.6 Å². The molecule has 0 radical (unpaired) electrons. The second-order valence-electron chi connectivity index (χ2n) is 6.72. The minimum absolute atomic E-state index is 0.0205. The summed E-state index contributed by atoms with van der Waals surface area (Å²) < 4.78 is 0. The van der Waals surface area contributed by atoms with Crippen LogP contribution in [0.5, 0.6) is 0 Å². The highest BCUT2D eigenvalue weighted by Crippen LogP contribution is 2.34. The van der Waals surface area contributed by atoms with Crippen LogP contribution in [0.3, 0.4) is 0 Å². The molecule has 2 aliphatic rings. The minimum atomic E-state index is -0.354. The third kappa shape index (κ3) is 4.23. The fourth-order valence-corrected chi connectivity index (χ4v) is 4.91. The highest BCUT2D eigenvalue weighted by atomic mass is 35.5. The van der Waals surface area contributed by atoms with Crippen LogP contribution in [0.2, 0.25) is 5.02 Å². The quantitative estimate of drug-likeness (QED) is 0.769. The van der Waals surface area contributed by atoms with Gasteiger partial charge in [-0.3, -0.25) is 19.8 Å². The van der Waals surface area contributed by atoms with E-state index < -0.39 is 0 Å². The molecule has 0 saturated carbocycles. The maximum Gasteiger partial charge on any atom is 0.327 e. The van der Waals surface area contributed by atoms with E-state index in [1.54, 1.807) is 18.0 Å². The summed E-state index contributed by atoms with van der Waals surface area (Å²) in [6.45, 7) is 1.07. The molecular weight excluding hydrogens is 388 g/mol. The number of imide groups is 1. The number of piperidine rings is 1. The van der Waals surface area contributed by atoms with Crippen molar-refractivity contribution in [2.45, 2.75) is 24.4 Å². The molecule has 3 atom stereocenters. The van der Waals surface area contributed by atoms with Crippen LogP contribution in [0.15, 0.2) is 24.3 Å². The van der Waals surface area contributed by atoms with Crippen LogP contribution in [-0.2, 0) is 16.1 Å². The van der Waals surface area contributed by atoms with Crippen molar-refractivity contribution < 1.29 is 14.4 Å². The molecule has 7 nitrogen and oxygen atoms in total. The lowest BCUT2D eigenvalue weighted by Gasteiger charge is -2.47. The SMILES string of the molecule is CN1C(=O)C2C(SCC(=O)NCc3ccccc3Cl)CCNC2N(C)C1=O. The third-order valence-corrected chi connectivity index (χ3v) is 6.76. The lowest BCUT2D eigenvalue weighted by Crippen LogP contribution is -2.68. The van der Waals surface area contributed by atoms with Gasteiger partial charge in [0.1, 0.15) is 0 Å². The largest absolute Gasteiger partial charge is 0.351 e. The highest BCUT2D eigenvalue weighted by molar-refractivity contribution is 8.00. The van der Waals surface area contributed by atoms with Crippen molar-refractivity contribution in [1.82, 2.24) is 20.4 Å². The van der Waals surface area contributed by atoms with E-state index in [9.17, 15) is 14.4 Å². The fraction of sp³-hybridized carbons (Fsp3) is 0.500. The number of hydrogen-bond donors (Lipinski definition) is 2. The van der Waals surface area contributed by atoms with E-state index in [0.717, 1.165) is 12.0 Å². The van der Waals surface area contributed by atoms with Gasteiger partial charge >= 0.3 is 6.03 Å². The average Bonchev–Trinajstić information content (AvgIpc) is 2.68. The number of amides is 4. The van der Waals surface area contributed by atoms with Crippen LogP contribution in [0.1, 0.15) is 12.0 Å². The van der Waals surface area contributed by atoms with Gasteiger partial charge in [0.05, 0.1) is 17.8 Å². The lowest BCUT2D eigenvalue weighted by atomic mass is 9.91. The van der Waals surface area contributed by atoms with Gasteiger partial charge in [-0.1, -0.05) is 29.8 Å². The summed E-state index contributed by atoms with van der Waals surface area (Å²) in [5.74, 6) is -0.388. The maximum absolute atomic E-state index is 12.6. The van der Waals surface area contributed by atoms with Crippen LogP contribution in [0, 0.1) is 5.92 Å². The van der Waals surface area contributed by atoms with E-state index in [-0.39, 0.29) is 40.9 Å². The molecule has 3 unspecified atom stereocenters. The first kappa shape index (κ1) is 20.0. The van der Waals surface area contributed by atoms with Crippen molar-refractivity contribution in [1.29, 1.82) is 0 Å². The normalized spacial score (nSPS) is 25.4. The van der Waals surface area contributed by atoms with E-state index in [1.807, 2.05) is 18.2 Å². The molecule has 0 aromatic heterocycles. The van der Waals surface area contributed by atoms with Gasteiger partial charge in [0.25, 0.3) is 0 Å². The van der Waals surface area contributed by atoms with E-state index >= 15 is 0 Å². The van der Waals surface area contributed by atoms with Gasteiger partial charge in [-0.15, -0.1) is 11.8 Å². The summed E-state index contributed by atoms with van der Waals surface area (Å²) in [5.41, 5.74) is 0.865. The van der Waals surface area contributed by atoms with E-state index in [4.69, 9.17) is 11.6 Å². The first-order chi connectivity index (χ1) is 12.9. The number of benzene rings is 1. The van der Waals surface area contributed by atoms with Crippen LogP contribution >= 0.6 is 23.4 Å². The number of hydrogen-bond acceptors (Lipinski definition) is 5. The number of thioether (sulfide) groups is 1. The summed E-state index contributed by atoms with van der Waals surface area (Å²) in [6, 6.07) is 7.07. The van der Waals surface area contributed by atoms with Crippen LogP contribution in [0.4, 0.5) is 4.79 Å². The Kier molecular flexibility index (Phi) is 6.29. The van der Waals surface area contributed by atoms with Crippen molar-refractivity contribution in [3.8, 4) is 0 Å². The second-order valence-corrected chi connectivity index (χ2v) is 8.36. The molecule has 4 amide bonds. The Balaban J connectivity index is 1.57. The molecule has 2 heterocycles. The fourth-order valence-electron chi connectivity index (χ4n) is 3.49. The Hall–Kier alpha value is -1.77. The van der Waals surface area contributed by atoms with Gasteiger partial charge in [0.15, 0.2) is 0 Å². The van der Waals surface area contributed by atoms with Crippen molar-refractivity contribution in [2.24, 2.45) is 5.92 Å². The zero-order chi connectivity index (χ0) is 19.6. The minimum Gasteiger partial charge on any atom is -0.351 e. The summed E-state index contributed by atoms with van der Waals surface area (Å²) in [6.07, 6.45) is 0.448. The standard InChI is InChI=1S/C18H23ClN4O3S/c1-22-16-15(17(25)23(2)18(22)26)13(7-8-20-16)27-10-14(24)21-9-11-5-3-4-6-12(11)19/h3-6,13,15-16,20H,7-10H2,1-2H3,(H,21,24). The Morgan fingerprint density at radius 2 is 2.07 bits per heavy atom. The van der Waals surface area contributed by atoms with Crippen molar-refractivity contribution in [3.05, 3.63) is 34.9 Å². The number of rotatable bonds is 5. The predicted molar refractivity (Wildman–Crippen MR) is 105 cm³/mol. The number of carbonyl (C=O) groups is 3. The first-order valence-corrected chi connectivity index (χ1v) is 10.2.